The van der Waals surface area contributed by atoms with Crippen LogP contribution >= 0.6 is 0 Å². The number of hydrogen-bond acceptors (Lipinski definition) is 7. The van der Waals surface area contributed by atoms with Gasteiger partial charge in [0.05, 0.1) is 19.8 Å². The number of benzene rings is 1. The summed E-state index contributed by atoms with van der Waals surface area (Å²) in [5.74, 6) is 0.409. The van der Waals surface area contributed by atoms with E-state index in [0.717, 1.165) is 62.7 Å². The van der Waals surface area contributed by atoms with Gasteiger partial charge in [0.15, 0.2) is 17.9 Å². The molecule has 200 valence electrons. The summed E-state index contributed by atoms with van der Waals surface area (Å²) in [7, 11) is 0. The highest BCUT2D eigenvalue weighted by molar-refractivity contribution is 5.27. The third kappa shape index (κ3) is 5.20. The van der Waals surface area contributed by atoms with Crippen molar-refractivity contribution in [3.8, 4) is 5.75 Å². The van der Waals surface area contributed by atoms with Crippen LogP contribution in [0.15, 0.2) is 24.3 Å². The Morgan fingerprint density at radius 3 is 2.22 bits per heavy atom. The van der Waals surface area contributed by atoms with E-state index in [1.807, 2.05) is 12.1 Å². The van der Waals surface area contributed by atoms with Crippen LogP contribution in [0.4, 0.5) is 0 Å². The van der Waals surface area contributed by atoms with Crippen molar-refractivity contribution < 1.29 is 33.2 Å². The van der Waals surface area contributed by atoms with E-state index in [-0.39, 0.29) is 24.4 Å². The fraction of sp³-hybridized carbons (Fsp3) is 0.793. The Balaban J connectivity index is 1.14. The number of ether oxygens (including phenoxy) is 7. The fourth-order valence-electron chi connectivity index (χ4n) is 6.40. The van der Waals surface area contributed by atoms with Gasteiger partial charge in [-0.05, 0) is 49.3 Å². The molecular weight excluding hydrogens is 460 g/mol. The third-order valence-electron chi connectivity index (χ3n) is 8.31. The second-order valence-corrected chi connectivity index (χ2v) is 11.7. The molecule has 2 aliphatic carbocycles. The molecule has 7 heteroatoms. The SMILES string of the molecule is CC(C)COc1ccc(CO[C@@H]2[C@H]3OC4(CCCCC4)O[C@H]3O[C@@H]2[C@@H]2COC3(CCCCC3)O2)cc1. The van der Waals surface area contributed by atoms with E-state index < -0.39 is 17.9 Å². The Morgan fingerprint density at radius 1 is 0.833 bits per heavy atom. The minimum absolute atomic E-state index is 0.181. The maximum absolute atomic E-state index is 6.63. The van der Waals surface area contributed by atoms with Gasteiger partial charge >= 0.3 is 0 Å². The summed E-state index contributed by atoms with van der Waals surface area (Å²) < 4.78 is 44.8. The van der Waals surface area contributed by atoms with Crippen molar-refractivity contribution in [2.75, 3.05) is 13.2 Å². The predicted octanol–water partition coefficient (Wildman–Crippen LogP) is 5.48. The molecule has 5 aliphatic rings. The Kier molecular flexibility index (Phi) is 7.32. The lowest BCUT2D eigenvalue weighted by atomic mass is 9.94. The van der Waals surface area contributed by atoms with Crippen molar-refractivity contribution in [3.05, 3.63) is 29.8 Å². The summed E-state index contributed by atoms with van der Waals surface area (Å²) >= 11 is 0. The van der Waals surface area contributed by atoms with Crippen LogP contribution in [-0.4, -0.2) is 55.5 Å². The molecular formula is C29H42O7. The molecule has 7 nitrogen and oxygen atoms in total. The number of rotatable bonds is 7. The van der Waals surface area contributed by atoms with Crippen LogP contribution in [0.25, 0.3) is 0 Å². The molecule has 3 saturated heterocycles. The standard InChI is InChI=1S/C29H42O7/c1-20(2)17-30-22-11-9-21(10-12-22)18-31-25-24(23-19-32-28(34-23)13-5-3-6-14-28)33-27-26(25)35-29(36-27)15-7-4-8-16-29/h9-12,20,23-27H,3-8,13-19H2,1-2H3/t23-,24+,25-,26+,27+/m0/s1. The molecule has 3 heterocycles. The van der Waals surface area contributed by atoms with Crippen molar-refractivity contribution in [2.24, 2.45) is 5.92 Å². The van der Waals surface area contributed by atoms with Crippen LogP contribution in [0.2, 0.25) is 0 Å². The summed E-state index contributed by atoms with van der Waals surface area (Å²) in [6.45, 7) is 6.00. The molecule has 1 aromatic rings. The lowest BCUT2D eigenvalue weighted by molar-refractivity contribution is -0.263. The first-order valence-electron chi connectivity index (χ1n) is 14.2. The molecule has 1 aromatic carbocycles. The maximum Gasteiger partial charge on any atom is 0.190 e. The highest BCUT2D eigenvalue weighted by Crippen LogP contribution is 2.48. The summed E-state index contributed by atoms with van der Waals surface area (Å²) in [5.41, 5.74) is 1.09. The van der Waals surface area contributed by atoms with E-state index in [0.29, 0.717) is 25.7 Å². The van der Waals surface area contributed by atoms with Gasteiger partial charge in [0.2, 0.25) is 0 Å². The van der Waals surface area contributed by atoms with Gasteiger partial charge in [0.1, 0.15) is 30.2 Å². The monoisotopic (exact) mass is 502 g/mol. The van der Waals surface area contributed by atoms with Crippen LogP contribution in [0.3, 0.4) is 0 Å². The van der Waals surface area contributed by atoms with E-state index in [2.05, 4.69) is 26.0 Å². The van der Waals surface area contributed by atoms with Crippen molar-refractivity contribution in [1.82, 2.24) is 0 Å². The predicted molar refractivity (Wildman–Crippen MR) is 132 cm³/mol. The van der Waals surface area contributed by atoms with Crippen LogP contribution in [0.1, 0.15) is 83.6 Å². The summed E-state index contributed by atoms with van der Waals surface area (Å²) in [6, 6.07) is 8.16. The van der Waals surface area contributed by atoms with Crippen molar-refractivity contribution in [2.45, 2.75) is 127 Å². The lowest BCUT2D eigenvalue weighted by Gasteiger charge is -2.35. The first-order valence-corrected chi connectivity index (χ1v) is 14.2. The minimum atomic E-state index is -0.521. The van der Waals surface area contributed by atoms with Gasteiger partial charge in [0, 0.05) is 25.7 Å². The fourth-order valence-corrected chi connectivity index (χ4v) is 6.40. The zero-order valence-corrected chi connectivity index (χ0v) is 21.8. The molecule has 5 atom stereocenters. The number of fused-ring (bicyclic) bond motifs is 1. The highest BCUT2D eigenvalue weighted by atomic mass is 16.9. The Labute approximate surface area is 215 Å². The second kappa shape index (κ2) is 10.5. The molecule has 0 unspecified atom stereocenters. The lowest BCUT2D eigenvalue weighted by Crippen LogP contribution is -2.45. The first kappa shape index (κ1) is 25.1. The Morgan fingerprint density at radius 2 is 1.53 bits per heavy atom. The molecule has 0 bridgehead atoms. The largest absolute Gasteiger partial charge is 0.493 e. The molecule has 0 aromatic heterocycles. The highest BCUT2D eigenvalue weighted by Gasteiger charge is 2.61. The Bertz CT molecular complexity index is 859. The molecule has 0 amide bonds. The van der Waals surface area contributed by atoms with E-state index in [4.69, 9.17) is 33.2 Å². The molecule has 0 radical (unpaired) electrons. The van der Waals surface area contributed by atoms with Crippen molar-refractivity contribution >= 4 is 0 Å². The average molecular weight is 503 g/mol. The maximum atomic E-state index is 6.63. The van der Waals surface area contributed by atoms with Crippen LogP contribution in [-0.2, 0) is 35.0 Å². The smallest absolute Gasteiger partial charge is 0.190 e. The summed E-state index contributed by atoms with van der Waals surface area (Å²) in [6.07, 6.45) is 9.37. The molecule has 6 rings (SSSR count). The second-order valence-electron chi connectivity index (χ2n) is 11.7. The normalized spacial score (nSPS) is 35.0. The molecule has 2 saturated carbocycles. The van der Waals surface area contributed by atoms with Gasteiger partial charge < -0.3 is 33.2 Å². The molecule has 0 N–H and O–H groups in total. The number of hydrogen-bond donors (Lipinski definition) is 0. The molecule has 36 heavy (non-hydrogen) atoms. The Hall–Kier alpha value is -1.22. The van der Waals surface area contributed by atoms with Crippen molar-refractivity contribution in [1.29, 1.82) is 0 Å². The van der Waals surface area contributed by atoms with Crippen LogP contribution in [0.5, 0.6) is 5.75 Å². The molecule has 2 spiro atoms. The van der Waals surface area contributed by atoms with Gasteiger partial charge in [-0.25, -0.2) is 0 Å². The third-order valence-corrected chi connectivity index (χ3v) is 8.31. The topological polar surface area (TPSA) is 64.6 Å². The first-order chi connectivity index (χ1) is 17.5. The van der Waals surface area contributed by atoms with Gasteiger partial charge in [-0.3, -0.25) is 0 Å². The van der Waals surface area contributed by atoms with E-state index >= 15 is 0 Å². The van der Waals surface area contributed by atoms with Crippen molar-refractivity contribution in [3.63, 3.8) is 0 Å². The molecule has 5 fully saturated rings. The van der Waals surface area contributed by atoms with Gasteiger partial charge in [0.25, 0.3) is 0 Å². The van der Waals surface area contributed by atoms with E-state index in [9.17, 15) is 0 Å². The summed E-state index contributed by atoms with van der Waals surface area (Å²) in [5, 5.41) is 0. The molecule has 3 aliphatic heterocycles. The van der Waals surface area contributed by atoms with Crippen LogP contribution < -0.4 is 4.74 Å². The zero-order chi connectivity index (χ0) is 24.6. The van der Waals surface area contributed by atoms with Crippen LogP contribution in [0, 0.1) is 5.92 Å². The van der Waals surface area contributed by atoms with Gasteiger partial charge in [-0.1, -0.05) is 38.8 Å². The summed E-state index contributed by atoms with van der Waals surface area (Å²) in [4.78, 5) is 0. The minimum Gasteiger partial charge on any atom is -0.493 e. The average Bonchev–Trinajstić information content (AvgIpc) is 3.54. The van der Waals surface area contributed by atoms with Gasteiger partial charge in [-0.2, -0.15) is 0 Å². The van der Waals surface area contributed by atoms with Gasteiger partial charge in [-0.15, -0.1) is 0 Å². The van der Waals surface area contributed by atoms with E-state index in [1.165, 1.54) is 12.8 Å². The quantitative estimate of drug-likeness (QED) is 0.489. The van der Waals surface area contributed by atoms with E-state index in [1.54, 1.807) is 0 Å². The zero-order valence-electron chi connectivity index (χ0n) is 21.8.